The number of alkyl halides is 1. The summed E-state index contributed by atoms with van der Waals surface area (Å²) in [6.07, 6.45) is 5.26. The van der Waals surface area contributed by atoms with E-state index in [0.29, 0.717) is 5.54 Å². The van der Waals surface area contributed by atoms with Gasteiger partial charge in [0.25, 0.3) is 0 Å². The summed E-state index contributed by atoms with van der Waals surface area (Å²) in [5.74, 6) is 0.804. The second kappa shape index (κ2) is 3.55. The first-order valence-corrected chi connectivity index (χ1v) is 5.44. The van der Waals surface area contributed by atoms with E-state index in [-0.39, 0.29) is 0 Å². The van der Waals surface area contributed by atoms with E-state index >= 15 is 0 Å². The van der Waals surface area contributed by atoms with Crippen LogP contribution in [0.1, 0.15) is 32.6 Å². The van der Waals surface area contributed by atoms with Gasteiger partial charge in [0.2, 0.25) is 0 Å². The molecule has 1 fully saturated rings. The number of nitrogens with zero attached hydrogens (tertiary/aromatic N) is 1. The number of likely N-dealkylation sites (tertiary alicyclic amines) is 1. The van der Waals surface area contributed by atoms with E-state index in [1.54, 1.807) is 0 Å². The average molecular weight is 191 g/mol. The maximum absolute atomic E-state index is 5.84. The van der Waals surface area contributed by atoms with Crippen LogP contribution in [0.4, 0.5) is 0 Å². The third-order valence-electron chi connectivity index (χ3n) is 3.78. The monoisotopic (exact) mass is 190 g/mol. The lowest BCUT2D eigenvalue weighted by Gasteiger charge is -2.50. The number of hydrogen-bond acceptors (Lipinski definition) is 0. The Hall–Kier alpha value is 0.250. The molecule has 1 saturated heterocycles. The summed E-state index contributed by atoms with van der Waals surface area (Å²) in [5, 5.41) is 0. The Kier molecular flexibility index (Phi) is 3.06. The van der Waals surface area contributed by atoms with Crippen LogP contribution in [0.2, 0.25) is 0 Å². The van der Waals surface area contributed by atoms with E-state index in [9.17, 15) is 0 Å². The van der Waals surface area contributed by atoms with Gasteiger partial charge in [-0.05, 0) is 19.8 Å². The van der Waals surface area contributed by atoms with Crippen molar-refractivity contribution in [2.75, 3.05) is 26.5 Å². The minimum Gasteiger partial charge on any atom is -0.324 e. The van der Waals surface area contributed by atoms with Crippen LogP contribution < -0.4 is 0 Å². The number of rotatable bonds is 2. The number of hydrogen-bond donors (Lipinski definition) is 0. The zero-order valence-electron chi connectivity index (χ0n) is 8.57. The fraction of sp³-hybridized carbons (Fsp3) is 1.00. The van der Waals surface area contributed by atoms with E-state index in [1.807, 2.05) is 0 Å². The predicted octanol–water partition coefficient (Wildman–Crippen LogP) is 2.63. The van der Waals surface area contributed by atoms with Crippen LogP contribution in [-0.2, 0) is 0 Å². The van der Waals surface area contributed by atoms with Gasteiger partial charge in [-0.15, -0.1) is 11.6 Å². The summed E-state index contributed by atoms with van der Waals surface area (Å²) < 4.78 is 1.15. The van der Waals surface area contributed by atoms with Gasteiger partial charge in [0.15, 0.2) is 0 Å². The molecule has 2 heteroatoms. The number of quaternary nitrogens is 1. The van der Waals surface area contributed by atoms with E-state index in [2.05, 4.69) is 21.0 Å². The van der Waals surface area contributed by atoms with Crippen molar-refractivity contribution in [3.05, 3.63) is 0 Å². The molecule has 1 heterocycles. The lowest BCUT2D eigenvalue weighted by molar-refractivity contribution is -0.945. The van der Waals surface area contributed by atoms with E-state index < -0.39 is 0 Å². The summed E-state index contributed by atoms with van der Waals surface area (Å²) in [6, 6.07) is 0. The molecule has 0 aromatic rings. The van der Waals surface area contributed by atoms with Crippen LogP contribution >= 0.6 is 11.6 Å². The Morgan fingerprint density at radius 2 is 2.00 bits per heavy atom. The Balaban J connectivity index is 2.69. The molecule has 72 valence electrons. The standard InChI is InChI=1S/C10H21ClN/c1-10(7-8-11)6-4-5-9-12(10,2)3/h4-9H2,1-3H3/q+1. The fourth-order valence-corrected chi connectivity index (χ4v) is 2.62. The van der Waals surface area contributed by atoms with Gasteiger partial charge >= 0.3 is 0 Å². The second-order valence-electron chi connectivity index (χ2n) is 4.80. The zero-order valence-corrected chi connectivity index (χ0v) is 9.32. The van der Waals surface area contributed by atoms with Crippen LogP contribution in [0.3, 0.4) is 0 Å². The molecule has 12 heavy (non-hydrogen) atoms. The molecule has 0 aromatic carbocycles. The van der Waals surface area contributed by atoms with Crippen molar-refractivity contribution in [3.63, 3.8) is 0 Å². The second-order valence-corrected chi connectivity index (χ2v) is 5.18. The highest BCUT2D eigenvalue weighted by molar-refractivity contribution is 6.17. The van der Waals surface area contributed by atoms with E-state index in [1.165, 1.54) is 25.8 Å². The number of piperidine rings is 1. The van der Waals surface area contributed by atoms with Gasteiger partial charge in [-0.1, -0.05) is 0 Å². The molecule has 0 bridgehead atoms. The SMILES string of the molecule is CC1(CCCl)CCCC[N+]1(C)C. The average Bonchev–Trinajstić information content (AvgIpc) is 1.96. The van der Waals surface area contributed by atoms with Crippen LogP contribution in [0.25, 0.3) is 0 Å². The smallest absolute Gasteiger partial charge is 0.0971 e. The maximum atomic E-state index is 5.84. The third-order valence-corrected chi connectivity index (χ3v) is 3.97. The minimum atomic E-state index is 0.431. The fourth-order valence-electron chi connectivity index (χ4n) is 2.22. The highest BCUT2D eigenvalue weighted by atomic mass is 35.5. The van der Waals surface area contributed by atoms with Crippen molar-refractivity contribution in [3.8, 4) is 0 Å². The summed E-state index contributed by atoms with van der Waals surface area (Å²) in [5.41, 5.74) is 0.431. The topological polar surface area (TPSA) is 0 Å². The molecule has 1 aliphatic heterocycles. The van der Waals surface area contributed by atoms with Gasteiger partial charge < -0.3 is 4.48 Å². The van der Waals surface area contributed by atoms with Crippen LogP contribution in [0, 0.1) is 0 Å². The highest BCUT2D eigenvalue weighted by Gasteiger charge is 2.42. The highest BCUT2D eigenvalue weighted by Crippen LogP contribution is 2.34. The number of halogens is 1. The zero-order chi connectivity index (χ0) is 9.24. The normalized spacial score (nSPS) is 35.0. The Labute approximate surface area is 81.3 Å². The first kappa shape index (κ1) is 10.3. The first-order valence-electron chi connectivity index (χ1n) is 4.91. The Bertz CT molecular complexity index is 152. The van der Waals surface area contributed by atoms with Gasteiger partial charge in [-0.25, -0.2) is 0 Å². The van der Waals surface area contributed by atoms with Crippen molar-refractivity contribution in [2.24, 2.45) is 0 Å². The van der Waals surface area contributed by atoms with Crippen LogP contribution in [0.15, 0.2) is 0 Å². The summed E-state index contributed by atoms with van der Waals surface area (Å²) in [4.78, 5) is 0. The van der Waals surface area contributed by atoms with Crippen LogP contribution in [-0.4, -0.2) is 36.5 Å². The molecule has 0 radical (unpaired) electrons. The Morgan fingerprint density at radius 3 is 2.50 bits per heavy atom. The molecule has 1 unspecified atom stereocenters. The van der Waals surface area contributed by atoms with Gasteiger partial charge in [0.1, 0.15) is 0 Å². The van der Waals surface area contributed by atoms with Gasteiger partial charge in [-0.3, -0.25) is 0 Å². The third kappa shape index (κ3) is 1.77. The quantitative estimate of drug-likeness (QED) is 0.464. The van der Waals surface area contributed by atoms with Crippen molar-refractivity contribution in [1.29, 1.82) is 0 Å². The molecule has 0 saturated carbocycles. The van der Waals surface area contributed by atoms with Crippen molar-refractivity contribution in [2.45, 2.75) is 38.1 Å². The molecule has 1 aliphatic rings. The maximum Gasteiger partial charge on any atom is 0.0971 e. The first-order chi connectivity index (χ1) is 5.52. The van der Waals surface area contributed by atoms with Crippen molar-refractivity contribution >= 4 is 11.6 Å². The van der Waals surface area contributed by atoms with Gasteiger partial charge in [0.05, 0.1) is 26.2 Å². The molecule has 0 spiro atoms. The van der Waals surface area contributed by atoms with E-state index in [4.69, 9.17) is 11.6 Å². The molecule has 1 rings (SSSR count). The molecular formula is C10H21ClN+. The van der Waals surface area contributed by atoms with Gasteiger partial charge in [0, 0.05) is 18.7 Å². The largest absolute Gasteiger partial charge is 0.324 e. The van der Waals surface area contributed by atoms with Crippen LogP contribution in [0.5, 0.6) is 0 Å². The molecular weight excluding hydrogens is 170 g/mol. The molecule has 1 nitrogen and oxygen atoms in total. The summed E-state index contributed by atoms with van der Waals surface area (Å²) >= 11 is 5.84. The van der Waals surface area contributed by atoms with Gasteiger partial charge in [-0.2, -0.15) is 0 Å². The summed E-state index contributed by atoms with van der Waals surface area (Å²) in [6.45, 7) is 3.70. The van der Waals surface area contributed by atoms with Crippen molar-refractivity contribution in [1.82, 2.24) is 0 Å². The lowest BCUT2D eigenvalue weighted by Crippen LogP contribution is -2.60. The molecule has 0 aromatic heterocycles. The van der Waals surface area contributed by atoms with E-state index in [0.717, 1.165) is 16.8 Å². The van der Waals surface area contributed by atoms with Crippen molar-refractivity contribution < 1.29 is 4.48 Å². The molecule has 0 aliphatic carbocycles. The summed E-state index contributed by atoms with van der Waals surface area (Å²) in [7, 11) is 4.68. The minimum absolute atomic E-state index is 0.431. The Morgan fingerprint density at radius 1 is 1.33 bits per heavy atom. The molecule has 0 amide bonds. The lowest BCUT2D eigenvalue weighted by atomic mass is 9.84. The predicted molar refractivity (Wildman–Crippen MR) is 54.6 cm³/mol. The molecule has 1 atom stereocenters. The molecule has 0 N–H and O–H groups in total.